The van der Waals surface area contributed by atoms with Crippen molar-refractivity contribution in [3.05, 3.63) is 83.6 Å². The van der Waals surface area contributed by atoms with Crippen LogP contribution in [0, 0.1) is 5.82 Å². The minimum atomic E-state index is -0.372. The molecule has 2 aromatic carbocycles. The molecular weight excluding hydrogens is 425 g/mol. The molecule has 8 heteroatoms. The van der Waals surface area contributed by atoms with Crippen LogP contribution in [0.4, 0.5) is 15.8 Å². The molecule has 1 fully saturated rings. The third kappa shape index (κ3) is 5.59. The molecule has 1 aromatic heterocycles. The van der Waals surface area contributed by atoms with E-state index in [1.807, 2.05) is 24.8 Å². The van der Waals surface area contributed by atoms with Crippen molar-refractivity contribution in [1.29, 1.82) is 0 Å². The zero-order chi connectivity index (χ0) is 23.4. The molecule has 3 aromatic rings. The molecule has 0 radical (unpaired) electrons. The molecule has 0 saturated carbocycles. The van der Waals surface area contributed by atoms with Crippen LogP contribution in [0.2, 0.25) is 0 Å². The molecule has 1 saturated heterocycles. The van der Waals surface area contributed by atoms with Gasteiger partial charge in [0, 0.05) is 30.9 Å². The number of amides is 2. The minimum Gasteiger partial charge on any atom is -0.459 e. The summed E-state index contributed by atoms with van der Waals surface area (Å²) in [5.74, 6) is -0.782. The van der Waals surface area contributed by atoms with Crippen LogP contribution in [0.3, 0.4) is 0 Å². The fraction of sp³-hybridized carbons (Fsp3) is 0.280. The van der Waals surface area contributed by atoms with E-state index in [-0.39, 0.29) is 42.1 Å². The average molecular weight is 451 g/mol. The first-order valence-corrected chi connectivity index (χ1v) is 10.8. The van der Waals surface area contributed by atoms with Crippen LogP contribution in [0.15, 0.2) is 65.3 Å². The van der Waals surface area contributed by atoms with E-state index in [1.165, 1.54) is 12.3 Å². The number of benzene rings is 2. The van der Waals surface area contributed by atoms with E-state index in [2.05, 4.69) is 10.6 Å². The Bertz CT molecular complexity index is 1110. The lowest BCUT2D eigenvalue weighted by Crippen LogP contribution is -2.45. The van der Waals surface area contributed by atoms with E-state index in [0.29, 0.717) is 35.6 Å². The monoisotopic (exact) mass is 451 g/mol. The molecule has 4 rings (SSSR count). The average Bonchev–Trinajstić information content (AvgIpc) is 3.32. The predicted octanol–water partition coefficient (Wildman–Crippen LogP) is 4.21. The third-order valence-corrected chi connectivity index (χ3v) is 5.38. The Hall–Kier alpha value is -3.65. The normalized spacial score (nSPS) is 18.1. The maximum Gasteiger partial charge on any atom is 0.291 e. The predicted molar refractivity (Wildman–Crippen MR) is 123 cm³/mol. The van der Waals surface area contributed by atoms with E-state index < -0.39 is 0 Å². The van der Waals surface area contributed by atoms with Gasteiger partial charge in [0.2, 0.25) is 0 Å². The van der Waals surface area contributed by atoms with Gasteiger partial charge in [-0.1, -0.05) is 6.07 Å². The molecule has 2 unspecified atom stereocenters. The molecule has 0 bridgehead atoms. The molecule has 2 atom stereocenters. The second-order valence-corrected chi connectivity index (χ2v) is 8.14. The van der Waals surface area contributed by atoms with E-state index >= 15 is 0 Å². The van der Waals surface area contributed by atoms with E-state index in [9.17, 15) is 14.0 Å². The molecule has 2 amide bonds. The second kappa shape index (κ2) is 9.87. The van der Waals surface area contributed by atoms with Crippen LogP contribution in [0.25, 0.3) is 0 Å². The number of halogens is 1. The first-order valence-electron chi connectivity index (χ1n) is 10.8. The van der Waals surface area contributed by atoms with Gasteiger partial charge in [-0.05, 0) is 67.9 Å². The lowest BCUT2D eigenvalue weighted by Gasteiger charge is -2.37. The lowest BCUT2D eigenvalue weighted by molar-refractivity contribution is -0.00539. The zero-order valence-electron chi connectivity index (χ0n) is 18.5. The number of nitrogens with one attached hydrogen (secondary N) is 2. The standard InChI is InChI=1S/C25H26FN3O4/c1-16-14-29(15-17(2)33-16)22-10-5-18(12-21(22)26)13-27-24(30)19-6-8-20(9-7-19)28-25(31)23-4-3-11-32-23/h3-12,16-17H,13-15H2,1-2H3,(H,27,30)(H,28,31). The molecule has 172 valence electrons. The van der Waals surface area contributed by atoms with Crippen molar-refractivity contribution in [3.8, 4) is 0 Å². The largest absolute Gasteiger partial charge is 0.459 e. The van der Waals surface area contributed by atoms with Crippen LogP contribution in [-0.4, -0.2) is 37.1 Å². The van der Waals surface area contributed by atoms with Gasteiger partial charge < -0.3 is 24.7 Å². The van der Waals surface area contributed by atoms with Gasteiger partial charge in [-0.3, -0.25) is 9.59 Å². The van der Waals surface area contributed by atoms with Gasteiger partial charge in [-0.15, -0.1) is 0 Å². The number of rotatable bonds is 6. The smallest absolute Gasteiger partial charge is 0.291 e. The van der Waals surface area contributed by atoms with Gasteiger partial charge in [-0.25, -0.2) is 4.39 Å². The number of anilines is 2. The van der Waals surface area contributed by atoms with E-state index in [4.69, 9.17) is 9.15 Å². The number of hydrogen-bond acceptors (Lipinski definition) is 5. The Morgan fingerprint density at radius 2 is 1.76 bits per heavy atom. The highest BCUT2D eigenvalue weighted by molar-refractivity contribution is 6.02. The SMILES string of the molecule is CC1CN(c2ccc(CNC(=O)c3ccc(NC(=O)c4ccco4)cc3)cc2F)CC(C)O1. The van der Waals surface area contributed by atoms with Crippen LogP contribution >= 0.6 is 0 Å². The molecule has 2 heterocycles. The molecule has 7 nitrogen and oxygen atoms in total. The fourth-order valence-corrected chi connectivity index (χ4v) is 3.88. The summed E-state index contributed by atoms with van der Waals surface area (Å²) in [6.45, 7) is 5.42. The highest BCUT2D eigenvalue weighted by Crippen LogP contribution is 2.24. The maximum absolute atomic E-state index is 14.8. The Kier molecular flexibility index (Phi) is 6.74. The highest BCUT2D eigenvalue weighted by atomic mass is 19.1. The number of hydrogen-bond donors (Lipinski definition) is 2. The van der Waals surface area contributed by atoms with Crippen molar-refractivity contribution in [2.75, 3.05) is 23.3 Å². The molecular formula is C25H26FN3O4. The van der Waals surface area contributed by atoms with Crippen molar-refractivity contribution in [2.24, 2.45) is 0 Å². The topological polar surface area (TPSA) is 83.8 Å². The Morgan fingerprint density at radius 3 is 2.39 bits per heavy atom. The van der Waals surface area contributed by atoms with E-state index in [1.54, 1.807) is 42.5 Å². The van der Waals surface area contributed by atoms with Gasteiger partial charge in [-0.2, -0.15) is 0 Å². The number of carbonyl (C=O) groups is 2. The Balaban J connectivity index is 1.33. The Labute approximate surface area is 191 Å². The minimum absolute atomic E-state index is 0.0389. The van der Waals surface area contributed by atoms with Crippen molar-refractivity contribution < 1.29 is 23.1 Å². The number of ether oxygens (including phenoxy) is 1. The zero-order valence-corrected chi connectivity index (χ0v) is 18.5. The summed E-state index contributed by atoms with van der Waals surface area (Å²) >= 11 is 0. The molecule has 2 N–H and O–H groups in total. The summed E-state index contributed by atoms with van der Waals surface area (Å²) in [7, 11) is 0. The van der Waals surface area contributed by atoms with Crippen molar-refractivity contribution >= 4 is 23.2 Å². The lowest BCUT2D eigenvalue weighted by atomic mass is 10.1. The number of furan rings is 1. The summed E-state index contributed by atoms with van der Waals surface area (Å²) in [4.78, 5) is 26.5. The molecule has 1 aliphatic rings. The van der Waals surface area contributed by atoms with Gasteiger partial charge in [0.05, 0.1) is 24.2 Å². The fourth-order valence-electron chi connectivity index (χ4n) is 3.88. The maximum atomic E-state index is 14.8. The third-order valence-electron chi connectivity index (χ3n) is 5.38. The second-order valence-electron chi connectivity index (χ2n) is 8.14. The first-order chi connectivity index (χ1) is 15.9. The molecule has 0 spiro atoms. The number of carbonyl (C=O) groups excluding carboxylic acids is 2. The van der Waals surface area contributed by atoms with Gasteiger partial charge in [0.1, 0.15) is 5.82 Å². The molecule has 0 aliphatic carbocycles. The number of nitrogens with zero attached hydrogens (tertiary/aromatic N) is 1. The quantitative estimate of drug-likeness (QED) is 0.587. The van der Waals surface area contributed by atoms with Gasteiger partial charge in [0.25, 0.3) is 11.8 Å². The van der Waals surface area contributed by atoms with Gasteiger partial charge in [0.15, 0.2) is 5.76 Å². The summed E-state index contributed by atoms with van der Waals surface area (Å²) in [5.41, 5.74) is 2.18. The summed E-state index contributed by atoms with van der Waals surface area (Å²) in [5, 5.41) is 5.49. The first kappa shape index (κ1) is 22.5. The number of morpholine rings is 1. The molecule has 1 aliphatic heterocycles. The van der Waals surface area contributed by atoms with Gasteiger partial charge >= 0.3 is 0 Å². The molecule has 33 heavy (non-hydrogen) atoms. The van der Waals surface area contributed by atoms with E-state index in [0.717, 1.165) is 0 Å². The van der Waals surface area contributed by atoms with Crippen molar-refractivity contribution in [3.63, 3.8) is 0 Å². The van der Waals surface area contributed by atoms with Crippen LogP contribution in [0.5, 0.6) is 0 Å². The van der Waals surface area contributed by atoms with Crippen LogP contribution < -0.4 is 15.5 Å². The van der Waals surface area contributed by atoms with Crippen molar-refractivity contribution in [2.45, 2.75) is 32.6 Å². The summed E-state index contributed by atoms with van der Waals surface area (Å²) in [6, 6.07) is 14.7. The summed E-state index contributed by atoms with van der Waals surface area (Å²) < 4.78 is 25.5. The van der Waals surface area contributed by atoms with Crippen LogP contribution in [-0.2, 0) is 11.3 Å². The summed E-state index contributed by atoms with van der Waals surface area (Å²) in [6.07, 6.45) is 1.50. The van der Waals surface area contributed by atoms with Crippen molar-refractivity contribution in [1.82, 2.24) is 5.32 Å². The highest BCUT2D eigenvalue weighted by Gasteiger charge is 2.24. The Morgan fingerprint density at radius 1 is 1.03 bits per heavy atom. The van der Waals surface area contributed by atoms with Crippen LogP contribution in [0.1, 0.15) is 40.3 Å².